The molecule has 1 rings (SSSR count). The van der Waals surface area contributed by atoms with Crippen LogP contribution in [0.3, 0.4) is 0 Å². The Morgan fingerprint density at radius 1 is 1.19 bits per heavy atom. The molecule has 1 aliphatic heterocycles. The van der Waals surface area contributed by atoms with Crippen LogP contribution in [0.5, 0.6) is 0 Å². The summed E-state index contributed by atoms with van der Waals surface area (Å²) in [5.41, 5.74) is 0.190. The molecule has 1 heterocycles. The zero-order valence-electron chi connectivity index (χ0n) is 12.8. The molecule has 1 saturated heterocycles. The van der Waals surface area contributed by atoms with Crippen molar-refractivity contribution < 1.29 is 24.6 Å². The van der Waals surface area contributed by atoms with Crippen molar-refractivity contribution in [2.24, 2.45) is 11.3 Å². The Balaban J connectivity index is 2.53. The molecule has 0 radical (unpaired) electrons. The Bertz CT molecular complexity index is 408. The minimum absolute atomic E-state index is 0.190. The summed E-state index contributed by atoms with van der Waals surface area (Å²) in [7, 11) is 0. The van der Waals surface area contributed by atoms with Crippen molar-refractivity contribution in [1.29, 1.82) is 0 Å². The highest BCUT2D eigenvalue weighted by Crippen LogP contribution is 2.34. The van der Waals surface area contributed by atoms with E-state index < -0.39 is 30.4 Å². The van der Waals surface area contributed by atoms with Crippen LogP contribution >= 0.6 is 0 Å². The standard InChI is InChI=1S/C14H24N2O5/c1-14(2,3)9-4-6-16(7-5-9)13(21)15-10(12(19)20)8-11(17)18/h9-10H,4-8H2,1-3H3,(H,15,21)(H,17,18)(H,19,20)/t10-/m1/s1. The quantitative estimate of drug-likeness (QED) is 0.727. The number of hydrogen-bond donors (Lipinski definition) is 3. The van der Waals surface area contributed by atoms with Gasteiger partial charge in [0.25, 0.3) is 0 Å². The molecule has 1 fully saturated rings. The molecule has 1 atom stereocenters. The topological polar surface area (TPSA) is 107 Å². The molecule has 0 spiro atoms. The zero-order chi connectivity index (χ0) is 16.2. The van der Waals surface area contributed by atoms with Crippen LogP contribution in [0.4, 0.5) is 4.79 Å². The Labute approximate surface area is 124 Å². The molecule has 21 heavy (non-hydrogen) atoms. The van der Waals surface area contributed by atoms with Crippen molar-refractivity contribution in [3.05, 3.63) is 0 Å². The summed E-state index contributed by atoms with van der Waals surface area (Å²) >= 11 is 0. The van der Waals surface area contributed by atoms with Crippen molar-refractivity contribution in [2.75, 3.05) is 13.1 Å². The van der Waals surface area contributed by atoms with E-state index >= 15 is 0 Å². The Morgan fingerprint density at radius 3 is 2.10 bits per heavy atom. The van der Waals surface area contributed by atoms with E-state index in [2.05, 4.69) is 26.1 Å². The molecular formula is C14H24N2O5. The summed E-state index contributed by atoms with van der Waals surface area (Å²) in [6.45, 7) is 7.63. The van der Waals surface area contributed by atoms with E-state index in [1.54, 1.807) is 4.90 Å². The van der Waals surface area contributed by atoms with Crippen LogP contribution < -0.4 is 5.32 Å². The van der Waals surface area contributed by atoms with E-state index in [1.165, 1.54) is 0 Å². The molecule has 0 aliphatic carbocycles. The summed E-state index contributed by atoms with van der Waals surface area (Å²) in [5, 5.41) is 19.9. The number of carbonyl (C=O) groups is 3. The molecule has 0 aromatic rings. The molecule has 0 aromatic heterocycles. The third-order valence-corrected chi connectivity index (χ3v) is 3.98. The van der Waals surface area contributed by atoms with Gasteiger partial charge in [0.1, 0.15) is 6.04 Å². The summed E-state index contributed by atoms with van der Waals surface area (Å²) in [4.78, 5) is 35.1. The lowest BCUT2D eigenvalue weighted by Gasteiger charge is -2.38. The fourth-order valence-electron chi connectivity index (χ4n) is 2.56. The predicted octanol–water partition coefficient (Wildman–Crippen LogP) is 1.38. The molecule has 0 aromatic carbocycles. The number of piperidine rings is 1. The van der Waals surface area contributed by atoms with Gasteiger partial charge in [-0.2, -0.15) is 0 Å². The molecule has 7 heteroatoms. The highest BCUT2D eigenvalue weighted by atomic mass is 16.4. The maximum Gasteiger partial charge on any atom is 0.326 e. The first-order chi connectivity index (χ1) is 9.61. The van der Waals surface area contributed by atoms with Gasteiger partial charge in [0.05, 0.1) is 6.42 Å². The Kier molecular flexibility index (Phi) is 5.57. The number of nitrogens with one attached hydrogen (secondary N) is 1. The van der Waals surface area contributed by atoms with Gasteiger partial charge < -0.3 is 20.4 Å². The fourth-order valence-corrected chi connectivity index (χ4v) is 2.56. The maximum absolute atomic E-state index is 12.0. The van der Waals surface area contributed by atoms with E-state index in [0.29, 0.717) is 19.0 Å². The van der Waals surface area contributed by atoms with Crippen LogP contribution in [-0.2, 0) is 9.59 Å². The summed E-state index contributed by atoms with van der Waals surface area (Å²) in [6, 6.07) is -1.90. The number of urea groups is 1. The van der Waals surface area contributed by atoms with Gasteiger partial charge in [-0.25, -0.2) is 9.59 Å². The van der Waals surface area contributed by atoms with E-state index in [1.807, 2.05) is 0 Å². The smallest absolute Gasteiger partial charge is 0.326 e. The van der Waals surface area contributed by atoms with Crippen LogP contribution in [0.2, 0.25) is 0 Å². The molecular weight excluding hydrogens is 276 g/mol. The predicted molar refractivity (Wildman–Crippen MR) is 76.0 cm³/mol. The Hall–Kier alpha value is -1.79. The van der Waals surface area contributed by atoms with Crippen LogP contribution in [0.1, 0.15) is 40.0 Å². The maximum atomic E-state index is 12.0. The SMILES string of the molecule is CC(C)(C)C1CCN(C(=O)N[C@H](CC(=O)O)C(=O)O)CC1. The van der Waals surface area contributed by atoms with Gasteiger partial charge in [-0.3, -0.25) is 4.79 Å². The molecule has 0 bridgehead atoms. The number of hydrogen-bond acceptors (Lipinski definition) is 3. The summed E-state index contributed by atoms with van der Waals surface area (Å²) in [5.74, 6) is -2.07. The third-order valence-electron chi connectivity index (χ3n) is 3.98. The first-order valence-electron chi connectivity index (χ1n) is 7.11. The number of carbonyl (C=O) groups excluding carboxylic acids is 1. The van der Waals surface area contributed by atoms with Crippen LogP contribution in [0.15, 0.2) is 0 Å². The van der Waals surface area contributed by atoms with Crippen molar-refractivity contribution >= 4 is 18.0 Å². The zero-order valence-corrected chi connectivity index (χ0v) is 12.8. The number of carboxylic acids is 2. The minimum atomic E-state index is -1.39. The first-order valence-corrected chi connectivity index (χ1v) is 7.11. The van der Waals surface area contributed by atoms with Crippen LogP contribution in [0, 0.1) is 11.3 Å². The fraction of sp³-hybridized carbons (Fsp3) is 0.786. The second-order valence-corrected chi connectivity index (χ2v) is 6.57. The summed E-state index contributed by atoms with van der Waals surface area (Å²) in [6.07, 6.45) is 1.11. The minimum Gasteiger partial charge on any atom is -0.481 e. The third kappa shape index (κ3) is 5.24. The van der Waals surface area contributed by atoms with Crippen LogP contribution in [-0.4, -0.2) is 52.2 Å². The van der Waals surface area contributed by atoms with Crippen LogP contribution in [0.25, 0.3) is 0 Å². The number of nitrogens with zero attached hydrogens (tertiary/aromatic N) is 1. The normalized spacial score (nSPS) is 18.1. The van der Waals surface area contributed by atoms with Crippen molar-refractivity contribution in [1.82, 2.24) is 10.2 Å². The highest BCUT2D eigenvalue weighted by molar-refractivity contribution is 5.86. The second kappa shape index (κ2) is 6.78. The second-order valence-electron chi connectivity index (χ2n) is 6.57. The van der Waals surface area contributed by atoms with E-state index in [4.69, 9.17) is 10.2 Å². The number of amides is 2. The molecule has 120 valence electrons. The van der Waals surface area contributed by atoms with E-state index in [0.717, 1.165) is 12.8 Å². The number of aliphatic carboxylic acids is 2. The molecule has 0 unspecified atom stereocenters. The van der Waals surface area contributed by atoms with Gasteiger partial charge in [0.2, 0.25) is 0 Å². The average molecular weight is 300 g/mol. The monoisotopic (exact) mass is 300 g/mol. The number of rotatable bonds is 4. The molecule has 2 amide bonds. The Morgan fingerprint density at radius 2 is 1.71 bits per heavy atom. The lowest BCUT2D eigenvalue weighted by molar-refractivity contribution is -0.145. The van der Waals surface area contributed by atoms with Crippen molar-refractivity contribution in [3.63, 3.8) is 0 Å². The number of likely N-dealkylation sites (tertiary alicyclic amines) is 1. The molecule has 1 aliphatic rings. The lowest BCUT2D eigenvalue weighted by atomic mass is 9.75. The van der Waals surface area contributed by atoms with E-state index in [-0.39, 0.29) is 5.41 Å². The lowest BCUT2D eigenvalue weighted by Crippen LogP contribution is -2.51. The molecule has 3 N–H and O–H groups in total. The van der Waals surface area contributed by atoms with Gasteiger partial charge in [-0.1, -0.05) is 20.8 Å². The van der Waals surface area contributed by atoms with Gasteiger partial charge in [0, 0.05) is 13.1 Å². The van der Waals surface area contributed by atoms with Crippen molar-refractivity contribution in [3.8, 4) is 0 Å². The van der Waals surface area contributed by atoms with E-state index in [9.17, 15) is 14.4 Å². The highest BCUT2D eigenvalue weighted by Gasteiger charge is 2.32. The van der Waals surface area contributed by atoms with Gasteiger partial charge >= 0.3 is 18.0 Å². The van der Waals surface area contributed by atoms with Gasteiger partial charge in [-0.15, -0.1) is 0 Å². The molecule has 0 saturated carbocycles. The van der Waals surface area contributed by atoms with Gasteiger partial charge in [-0.05, 0) is 24.2 Å². The first kappa shape index (κ1) is 17.3. The van der Waals surface area contributed by atoms with Gasteiger partial charge in [0.15, 0.2) is 0 Å². The summed E-state index contributed by atoms with van der Waals surface area (Å²) < 4.78 is 0. The number of carboxylic acid groups (broad SMARTS) is 2. The molecule has 7 nitrogen and oxygen atoms in total. The van der Waals surface area contributed by atoms with Crippen molar-refractivity contribution in [2.45, 2.75) is 46.1 Å². The average Bonchev–Trinajstić information content (AvgIpc) is 2.36. The largest absolute Gasteiger partial charge is 0.481 e.